The van der Waals surface area contributed by atoms with E-state index in [4.69, 9.17) is 4.74 Å². The molecule has 8 heteroatoms. The minimum Gasteiger partial charge on any atom is -0.383 e. The van der Waals surface area contributed by atoms with Gasteiger partial charge in [0.2, 0.25) is 10.0 Å². The lowest BCUT2D eigenvalue weighted by Gasteiger charge is -2.28. The standard InChI is InChI=1S/C19H32N4O3S/c1-15-6-4-8-17(12-15)23-19(20-2)21-14-16-7-5-9-18(13-16)27(24,25)22-10-11-26-3/h5,7,9,13,15,17,22H,4,6,8,10-12,14H2,1-3H3,(H2,20,21,23). The maximum absolute atomic E-state index is 12.3. The Hall–Kier alpha value is -1.64. The molecule has 2 atom stereocenters. The molecule has 0 spiro atoms. The van der Waals surface area contributed by atoms with Crippen molar-refractivity contribution < 1.29 is 13.2 Å². The van der Waals surface area contributed by atoms with Gasteiger partial charge >= 0.3 is 0 Å². The third kappa shape index (κ3) is 7.12. The minimum absolute atomic E-state index is 0.248. The summed E-state index contributed by atoms with van der Waals surface area (Å²) in [5.74, 6) is 1.49. The molecule has 0 aliphatic heterocycles. The predicted molar refractivity (Wildman–Crippen MR) is 108 cm³/mol. The maximum atomic E-state index is 12.3. The molecule has 2 rings (SSSR count). The molecule has 1 fully saturated rings. The van der Waals surface area contributed by atoms with Crippen LogP contribution in [0, 0.1) is 5.92 Å². The van der Waals surface area contributed by atoms with Gasteiger partial charge < -0.3 is 15.4 Å². The number of methoxy groups -OCH3 is 1. The van der Waals surface area contributed by atoms with Gasteiger partial charge in [0.1, 0.15) is 0 Å². The molecule has 0 radical (unpaired) electrons. The van der Waals surface area contributed by atoms with Crippen molar-refractivity contribution in [3.05, 3.63) is 29.8 Å². The molecule has 0 saturated heterocycles. The number of rotatable bonds is 8. The van der Waals surface area contributed by atoms with E-state index in [0.717, 1.165) is 30.3 Å². The summed E-state index contributed by atoms with van der Waals surface area (Å²) in [6, 6.07) is 7.36. The molecule has 2 unspecified atom stereocenters. The third-order valence-corrected chi connectivity index (χ3v) is 6.23. The number of sulfonamides is 1. The summed E-state index contributed by atoms with van der Waals surface area (Å²) in [5.41, 5.74) is 0.879. The summed E-state index contributed by atoms with van der Waals surface area (Å²) >= 11 is 0. The number of guanidine groups is 1. The zero-order valence-corrected chi connectivity index (χ0v) is 17.3. The summed E-state index contributed by atoms with van der Waals surface area (Å²) in [6.07, 6.45) is 4.85. The number of benzene rings is 1. The number of ether oxygens (including phenoxy) is 1. The SMILES string of the molecule is CN=C(NCc1cccc(S(=O)(=O)NCCOC)c1)NC1CCCC(C)C1. The van der Waals surface area contributed by atoms with Crippen molar-refractivity contribution in [3.63, 3.8) is 0 Å². The van der Waals surface area contributed by atoms with Gasteiger partial charge in [-0.25, -0.2) is 13.1 Å². The summed E-state index contributed by atoms with van der Waals surface area (Å²) in [6.45, 7) is 3.37. The van der Waals surface area contributed by atoms with Crippen LogP contribution in [0.4, 0.5) is 0 Å². The lowest BCUT2D eigenvalue weighted by Crippen LogP contribution is -2.44. The van der Waals surface area contributed by atoms with Crippen molar-refractivity contribution in [2.45, 2.75) is 50.1 Å². The van der Waals surface area contributed by atoms with Gasteiger partial charge in [-0.05, 0) is 36.5 Å². The Balaban J connectivity index is 1.93. The Bertz CT molecular complexity index is 721. The van der Waals surface area contributed by atoms with Crippen LogP contribution in [0.3, 0.4) is 0 Å². The first-order valence-electron chi connectivity index (χ1n) is 9.49. The smallest absolute Gasteiger partial charge is 0.240 e. The lowest BCUT2D eigenvalue weighted by molar-refractivity contribution is 0.204. The first kappa shape index (κ1) is 21.7. The Morgan fingerprint density at radius 3 is 2.85 bits per heavy atom. The van der Waals surface area contributed by atoms with Crippen LogP contribution < -0.4 is 15.4 Å². The van der Waals surface area contributed by atoms with E-state index in [9.17, 15) is 8.42 Å². The Morgan fingerprint density at radius 1 is 1.33 bits per heavy atom. The molecular weight excluding hydrogens is 364 g/mol. The van der Waals surface area contributed by atoms with Crippen molar-refractivity contribution in [2.24, 2.45) is 10.9 Å². The van der Waals surface area contributed by atoms with Crippen molar-refractivity contribution in [3.8, 4) is 0 Å². The molecule has 0 amide bonds. The fourth-order valence-corrected chi connectivity index (χ4v) is 4.41. The second-order valence-corrected chi connectivity index (χ2v) is 8.84. The molecule has 27 heavy (non-hydrogen) atoms. The van der Waals surface area contributed by atoms with E-state index in [0.29, 0.717) is 19.2 Å². The van der Waals surface area contributed by atoms with Crippen LogP contribution in [0.25, 0.3) is 0 Å². The van der Waals surface area contributed by atoms with Crippen molar-refractivity contribution in [1.82, 2.24) is 15.4 Å². The number of hydrogen-bond donors (Lipinski definition) is 3. The van der Waals surface area contributed by atoms with Gasteiger partial charge in [-0.3, -0.25) is 4.99 Å². The molecular formula is C19H32N4O3S. The lowest BCUT2D eigenvalue weighted by atomic mass is 9.87. The molecule has 7 nitrogen and oxygen atoms in total. The predicted octanol–water partition coefficient (Wildman–Crippen LogP) is 1.85. The molecule has 1 aromatic rings. The molecule has 1 aliphatic rings. The summed E-state index contributed by atoms with van der Waals surface area (Å²) < 4.78 is 32.1. The largest absolute Gasteiger partial charge is 0.383 e. The van der Waals surface area contributed by atoms with Crippen LogP contribution in [-0.2, 0) is 21.3 Å². The van der Waals surface area contributed by atoms with E-state index >= 15 is 0 Å². The normalized spacial score (nSPS) is 21.1. The molecule has 0 bridgehead atoms. The Morgan fingerprint density at radius 2 is 2.15 bits per heavy atom. The van der Waals surface area contributed by atoms with Gasteiger partial charge in [0.25, 0.3) is 0 Å². The molecule has 0 heterocycles. The molecule has 0 aromatic heterocycles. The van der Waals surface area contributed by atoms with Gasteiger partial charge in [0.15, 0.2) is 5.96 Å². The number of nitrogens with one attached hydrogen (secondary N) is 3. The van der Waals surface area contributed by atoms with Crippen molar-refractivity contribution in [1.29, 1.82) is 0 Å². The number of aliphatic imine (C=N–C) groups is 1. The summed E-state index contributed by atoms with van der Waals surface area (Å²) in [4.78, 5) is 4.55. The Labute approximate surface area is 163 Å². The first-order chi connectivity index (χ1) is 12.9. The van der Waals surface area contributed by atoms with Crippen molar-refractivity contribution >= 4 is 16.0 Å². The van der Waals surface area contributed by atoms with Gasteiger partial charge in [-0.15, -0.1) is 0 Å². The third-order valence-electron chi connectivity index (χ3n) is 4.77. The number of hydrogen-bond acceptors (Lipinski definition) is 4. The average Bonchev–Trinajstić information content (AvgIpc) is 2.65. The Kier molecular flexibility index (Phi) is 8.53. The van der Waals surface area contributed by atoms with Crippen LogP contribution in [0.1, 0.15) is 38.2 Å². The van der Waals surface area contributed by atoms with E-state index in [1.807, 2.05) is 6.07 Å². The fourth-order valence-electron chi connectivity index (χ4n) is 3.32. The second kappa shape index (κ2) is 10.6. The highest BCUT2D eigenvalue weighted by atomic mass is 32.2. The van der Waals surface area contributed by atoms with Crippen LogP contribution >= 0.6 is 0 Å². The molecule has 3 N–H and O–H groups in total. The van der Waals surface area contributed by atoms with Gasteiger partial charge in [-0.2, -0.15) is 0 Å². The van der Waals surface area contributed by atoms with Crippen LogP contribution in [0.15, 0.2) is 34.2 Å². The molecule has 1 saturated carbocycles. The maximum Gasteiger partial charge on any atom is 0.240 e. The minimum atomic E-state index is -3.53. The highest BCUT2D eigenvalue weighted by molar-refractivity contribution is 7.89. The van der Waals surface area contributed by atoms with E-state index in [2.05, 4.69) is 27.3 Å². The first-order valence-corrected chi connectivity index (χ1v) is 11.0. The van der Waals surface area contributed by atoms with E-state index in [1.165, 1.54) is 20.0 Å². The van der Waals surface area contributed by atoms with E-state index in [1.54, 1.807) is 25.2 Å². The van der Waals surface area contributed by atoms with E-state index in [-0.39, 0.29) is 11.4 Å². The van der Waals surface area contributed by atoms with Gasteiger partial charge in [0, 0.05) is 33.3 Å². The fraction of sp³-hybridized carbons (Fsp3) is 0.632. The van der Waals surface area contributed by atoms with Gasteiger partial charge in [-0.1, -0.05) is 31.9 Å². The summed E-state index contributed by atoms with van der Waals surface area (Å²) in [5, 5.41) is 6.76. The van der Waals surface area contributed by atoms with E-state index < -0.39 is 10.0 Å². The molecule has 1 aliphatic carbocycles. The zero-order chi connectivity index (χ0) is 19.7. The zero-order valence-electron chi connectivity index (χ0n) is 16.5. The highest BCUT2D eigenvalue weighted by Gasteiger charge is 2.19. The van der Waals surface area contributed by atoms with Crippen molar-refractivity contribution in [2.75, 3.05) is 27.3 Å². The number of nitrogens with zero attached hydrogens (tertiary/aromatic N) is 1. The average molecular weight is 397 g/mol. The topological polar surface area (TPSA) is 91.8 Å². The van der Waals surface area contributed by atoms with Crippen LogP contribution in [0.2, 0.25) is 0 Å². The van der Waals surface area contributed by atoms with Crippen LogP contribution in [-0.4, -0.2) is 47.7 Å². The summed E-state index contributed by atoms with van der Waals surface area (Å²) in [7, 11) is -0.242. The molecule has 152 valence electrons. The van der Waals surface area contributed by atoms with Crippen LogP contribution in [0.5, 0.6) is 0 Å². The van der Waals surface area contributed by atoms with Gasteiger partial charge in [0.05, 0.1) is 11.5 Å². The quantitative estimate of drug-likeness (QED) is 0.354. The molecule has 1 aromatic carbocycles. The second-order valence-electron chi connectivity index (χ2n) is 7.08. The monoisotopic (exact) mass is 396 g/mol. The highest BCUT2D eigenvalue weighted by Crippen LogP contribution is 2.23.